The molecule has 2 amide bonds. The first-order chi connectivity index (χ1) is 15.3. The molecule has 0 bridgehead atoms. The molecule has 1 aliphatic rings. The highest BCUT2D eigenvalue weighted by Crippen LogP contribution is 2.21. The lowest BCUT2D eigenvalue weighted by Gasteiger charge is -2.20. The zero-order valence-electron chi connectivity index (χ0n) is 18.7. The van der Waals surface area contributed by atoms with E-state index in [0.29, 0.717) is 24.3 Å². The maximum Gasteiger partial charge on any atom is 0.308 e. The molecule has 7 heteroatoms. The quantitative estimate of drug-likeness (QED) is 0.609. The van der Waals surface area contributed by atoms with E-state index in [1.807, 2.05) is 31.2 Å². The van der Waals surface area contributed by atoms with E-state index in [-0.39, 0.29) is 30.3 Å². The molecule has 32 heavy (non-hydrogen) atoms. The van der Waals surface area contributed by atoms with Gasteiger partial charge in [0.2, 0.25) is 0 Å². The number of hydrogen-bond donors (Lipinski definition) is 2. The number of nitrogens with one attached hydrogen (secondary N) is 2. The Kier molecular flexibility index (Phi) is 8.00. The summed E-state index contributed by atoms with van der Waals surface area (Å²) in [7, 11) is 0. The van der Waals surface area contributed by atoms with Crippen molar-refractivity contribution in [2.75, 3.05) is 11.9 Å². The standard InChI is InChI=1S/C25H30N2O5/c1-16(2)32-23(28)15-21(18-11-9-17(3)10-12-18)27-24(29)19-6-4-7-20(14-19)26-25(30)22-8-5-13-31-22/h4,6-7,9-12,14,16,21-22H,5,8,13,15H2,1-3H3,(H,26,30)(H,27,29). The molecular formula is C25H30N2O5. The fraction of sp³-hybridized carbons (Fsp3) is 0.400. The van der Waals surface area contributed by atoms with Crippen molar-refractivity contribution in [3.05, 3.63) is 65.2 Å². The summed E-state index contributed by atoms with van der Waals surface area (Å²) in [6, 6.07) is 13.8. The average Bonchev–Trinajstić information content (AvgIpc) is 3.28. The Morgan fingerprint density at radius 1 is 1.12 bits per heavy atom. The monoisotopic (exact) mass is 438 g/mol. The molecule has 0 radical (unpaired) electrons. The van der Waals surface area contributed by atoms with Crippen molar-refractivity contribution in [1.29, 1.82) is 0 Å². The number of esters is 1. The summed E-state index contributed by atoms with van der Waals surface area (Å²) in [5.41, 5.74) is 2.79. The minimum Gasteiger partial charge on any atom is -0.463 e. The van der Waals surface area contributed by atoms with Crippen molar-refractivity contribution in [2.24, 2.45) is 0 Å². The average molecular weight is 439 g/mol. The van der Waals surface area contributed by atoms with Crippen LogP contribution in [-0.2, 0) is 19.1 Å². The van der Waals surface area contributed by atoms with E-state index >= 15 is 0 Å². The van der Waals surface area contributed by atoms with E-state index < -0.39 is 12.1 Å². The van der Waals surface area contributed by atoms with Crippen LogP contribution in [0.5, 0.6) is 0 Å². The van der Waals surface area contributed by atoms with Gasteiger partial charge >= 0.3 is 5.97 Å². The van der Waals surface area contributed by atoms with Crippen LogP contribution in [0.4, 0.5) is 5.69 Å². The van der Waals surface area contributed by atoms with Gasteiger partial charge in [0, 0.05) is 17.9 Å². The van der Waals surface area contributed by atoms with Crippen LogP contribution in [0.15, 0.2) is 48.5 Å². The molecule has 1 saturated heterocycles. The molecule has 1 heterocycles. The molecule has 0 spiro atoms. The lowest BCUT2D eigenvalue weighted by atomic mass is 10.0. The predicted octanol–water partition coefficient (Wildman–Crippen LogP) is 3.93. The number of carbonyl (C=O) groups is 3. The summed E-state index contributed by atoms with van der Waals surface area (Å²) < 4.78 is 10.7. The van der Waals surface area contributed by atoms with Crippen LogP contribution in [0, 0.1) is 6.92 Å². The van der Waals surface area contributed by atoms with Gasteiger partial charge in [-0.2, -0.15) is 0 Å². The number of hydrogen-bond acceptors (Lipinski definition) is 5. The van der Waals surface area contributed by atoms with Crippen LogP contribution in [0.3, 0.4) is 0 Å². The van der Waals surface area contributed by atoms with Gasteiger partial charge < -0.3 is 20.1 Å². The number of aryl methyl sites for hydroxylation is 1. The molecule has 3 rings (SSSR count). The molecule has 7 nitrogen and oxygen atoms in total. The SMILES string of the molecule is Cc1ccc(C(CC(=O)OC(C)C)NC(=O)c2cccc(NC(=O)C3CCCO3)c2)cc1. The van der Waals surface area contributed by atoms with E-state index in [4.69, 9.17) is 9.47 Å². The van der Waals surface area contributed by atoms with E-state index in [1.54, 1.807) is 38.1 Å². The van der Waals surface area contributed by atoms with Crippen molar-refractivity contribution >= 4 is 23.5 Å². The zero-order valence-corrected chi connectivity index (χ0v) is 18.7. The first kappa shape index (κ1) is 23.5. The Morgan fingerprint density at radius 3 is 2.53 bits per heavy atom. The second-order valence-electron chi connectivity index (χ2n) is 8.25. The Bertz CT molecular complexity index is 949. The van der Waals surface area contributed by atoms with Crippen LogP contribution in [0.1, 0.15) is 60.6 Å². The number of ether oxygens (including phenoxy) is 2. The van der Waals surface area contributed by atoms with Crippen molar-refractivity contribution in [3.8, 4) is 0 Å². The normalized spacial score (nSPS) is 16.4. The van der Waals surface area contributed by atoms with Crippen molar-refractivity contribution in [1.82, 2.24) is 5.32 Å². The highest BCUT2D eigenvalue weighted by atomic mass is 16.5. The highest BCUT2D eigenvalue weighted by molar-refractivity contribution is 5.98. The lowest BCUT2D eigenvalue weighted by molar-refractivity contribution is -0.148. The van der Waals surface area contributed by atoms with Crippen LogP contribution >= 0.6 is 0 Å². The third-order valence-corrected chi connectivity index (χ3v) is 5.14. The highest BCUT2D eigenvalue weighted by Gasteiger charge is 2.24. The van der Waals surface area contributed by atoms with Gasteiger partial charge in [0.1, 0.15) is 6.10 Å². The Balaban J connectivity index is 1.72. The molecule has 1 aliphatic heterocycles. The number of carbonyl (C=O) groups excluding carboxylic acids is 3. The van der Waals surface area contributed by atoms with E-state index in [2.05, 4.69) is 10.6 Å². The van der Waals surface area contributed by atoms with Gasteiger partial charge in [-0.1, -0.05) is 35.9 Å². The zero-order chi connectivity index (χ0) is 23.1. The van der Waals surface area contributed by atoms with Crippen LogP contribution < -0.4 is 10.6 Å². The molecule has 1 fully saturated rings. The topological polar surface area (TPSA) is 93.7 Å². The Labute approximate surface area is 188 Å². The Hall–Kier alpha value is -3.19. The second-order valence-corrected chi connectivity index (χ2v) is 8.25. The summed E-state index contributed by atoms with van der Waals surface area (Å²) in [6.07, 6.45) is 0.880. The molecule has 2 aromatic rings. The third-order valence-electron chi connectivity index (χ3n) is 5.14. The van der Waals surface area contributed by atoms with Gasteiger partial charge in [-0.15, -0.1) is 0 Å². The summed E-state index contributed by atoms with van der Waals surface area (Å²) in [4.78, 5) is 37.6. The predicted molar refractivity (Wildman–Crippen MR) is 121 cm³/mol. The van der Waals surface area contributed by atoms with Gasteiger partial charge in [-0.05, 0) is 57.4 Å². The van der Waals surface area contributed by atoms with Crippen molar-refractivity contribution < 1.29 is 23.9 Å². The lowest BCUT2D eigenvalue weighted by Crippen LogP contribution is -2.31. The number of amides is 2. The van der Waals surface area contributed by atoms with Crippen LogP contribution in [0.25, 0.3) is 0 Å². The first-order valence-electron chi connectivity index (χ1n) is 10.9. The molecule has 2 atom stereocenters. The molecule has 2 aromatic carbocycles. The van der Waals surface area contributed by atoms with Crippen LogP contribution in [-0.4, -0.2) is 36.6 Å². The number of benzene rings is 2. The molecule has 0 saturated carbocycles. The molecule has 0 aromatic heterocycles. The van der Waals surface area contributed by atoms with E-state index in [0.717, 1.165) is 17.5 Å². The van der Waals surface area contributed by atoms with E-state index in [9.17, 15) is 14.4 Å². The summed E-state index contributed by atoms with van der Waals surface area (Å²) >= 11 is 0. The largest absolute Gasteiger partial charge is 0.463 e. The van der Waals surface area contributed by atoms with Gasteiger partial charge in [0.15, 0.2) is 0 Å². The minimum absolute atomic E-state index is 0.0163. The maximum atomic E-state index is 13.0. The smallest absolute Gasteiger partial charge is 0.308 e. The fourth-order valence-electron chi connectivity index (χ4n) is 3.52. The summed E-state index contributed by atoms with van der Waals surface area (Å²) in [6.45, 7) is 6.13. The van der Waals surface area contributed by atoms with Gasteiger partial charge in [-0.3, -0.25) is 14.4 Å². The molecular weight excluding hydrogens is 408 g/mol. The number of anilines is 1. The van der Waals surface area contributed by atoms with E-state index in [1.165, 1.54) is 0 Å². The van der Waals surface area contributed by atoms with Crippen LogP contribution in [0.2, 0.25) is 0 Å². The van der Waals surface area contributed by atoms with Crippen molar-refractivity contribution in [3.63, 3.8) is 0 Å². The molecule has 170 valence electrons. The summed E-state index contributed by atoms with van der Waals surface area (Å²) in [5, 5.41) is 5.74. The van der Waals surface area contributed by atoms with Crippen molar-refractivity contribution in [2.45, 2.75) is 58.3 Å². The molecule has 2 unspecified atom stereocenters. The van der Waals surface area contributed by atoms with Gasteiger partial charge in [0.25, 0.3) is 11.8 Å². The second kappa shape index (κ2) is 10.9. The maximum absolute atomic E-state index is 13.0. The number of rotatable bonds is 8. The van der Waals surface area contributed by atoms with Gasteiger partial charge in [-0.25, -0.2) is 0 Å². The molecule has 0 aliphatic carbocycles. The van der Waals surface area contributed by atoms with Gasteiger partial charge in [0.05, 0.1) is 18.6 Å². The fourth-order valence-corrected chi connectivity index (χ4v) is 3.52. The first-order valence-corrected chi connectivity index (χ1v) is 10.9. The molecule has 2 N–H and O–H groups in total. The third kappa shape index (κ3) is 6.65. The minimum atomic E-state index is -0.542. The Morgan fingerprint density at radius 2 is 1.88 bits per heavy atom. The summed E-state index contributed by atoms with van der Waals surface area (Å²) in [5.74, 6) is -0.946.